The first-order valence-electron chi connectivity index (χ1n) is 24.6. The van der Waals surface area contributed by atoms with E-state index in [1.54, 1.807) is 52.5 Å². The predicted molar refractivity (Wildman–Crippen MR) is 270 cm³/mol. The van der Waals surface area contributed by atoms with Gasteiger partial charge >= 0.3 is 0 Å². The molecule has 2 amide bonds. The molecule has 2 saturated heterocycles. The number of phenols is 1. The number of aliphatic hydroxyl groups is 1. The minimum absolute atomic E-state index is 0.0518. The largest absolute Gasteiger partial charge is 0.507 e. The van der Waals surface area contributed by atoms with Crippen molar-refractivity contribution in [2.45, 2.75) is 109 Å². The lowest BCUT2D eigenvalue weighted by molar-refractivity contribution is -0.141. The first-order chi connectivity index (χ1) is 34.9. The number of ether oxygens (including phenoxy) is 3. The summed E-state index contributed by atoms with van der Waals surface area (Å²) in [6.07, 6.45) is 6.96. The Hall–Kier alpha value is -6.69. The number of nitrogens with two attached hydrogens (primary N) is 1. The highest BCUT2D eigenvalue weighted by atomic mass is 32.1. The summed E-state index contributed by atoms with van der Waals surface area (Å²) in [7, 11) is 0. The topological polar surface area (TPSA) is 229 Å². The number of para-hydroxylation sites is 1. The molecule has 0 spiro atoms. The number of rotatable bonds is 18. The molecule has 1 saturated carbocycles. The van der Waals surface area contributed by atoms with Gasteiger partial charge in [-0.3, -0.25) is 19.2 Å². The summed E-state index contributed by atoms with van der Waals surface area (Å²) in [4.78, 5) is 37.2. The second-order valence-electron chi connectivity index (χ2n) is 19.2. The van der Waals surface area contributed by atoms with Crippen molar-refractivity contribution in [1.29, 1.82) is 0 Å². The van der Waals surface area contributed by atoms with Crippen LogP contribution in [0.2, 0.25) is 0 Å². The van der Waals surface area contributed by atoms with Crippen LogP contribution in [0.15, 0.2) is 83.1 Å². The van der Waals surface area contributed by atoms with Gasteiger partial charge in [0.15, 0.2) is 11.6 Å². The summed E-state index contributed by atoms with van der Waals surface area (Å²) in [6, 6.07) is 17.3. The van der Waals surface area contributed by atoms with E-state index in [1.165, 1.54) is 4.90 Å². The highest BCUT2D eigenvalue weighted by Crippen LogP contribution is 2.35. The van der Waals surface area contributed by atoms with Crippen LogP contribution in [0.1, 0.15) is 81.9 Å². The highest BCUT2D eigenvalue weighted by molar-refractivity contribution is 7.13. The molecule has 19 heteroatoms. The molecule has 2 aliphatic heterocycles. The summed E-state index contributed by atoms with van der Waals surface area (Å²) >= 11 is 1.59. The number of aliphatic hydroxyl groups excluding tert-OH is 1. The molecule has 18 nitrogen and oxygen atoms in total. The lowest BCUT2D eigenvalue weighted by Gasteiger charge is -2.39. The fourth-order valence-corrected chi connectivity index (χ4v) is 10.4. The van der Waals surface area contributed by atoms with Gasteiger partial charge in [0.05, 0.1) is 58.4 Å². The Morgan fingerprint density at radius 2 is 1.76 bits per heavy atom. The molecule has 0 bridgehead atoms. The van der Waals surface area contributed by atoms with E-state index in [0.717, 1.165) is 66.0 Å². The maximum absolute atomic E-state index is 14.2. The third-order valence-electron chi connectivity index (χ3n) is 13.7. The number of β-amino-alcohol motifs (C(OH)–C–C–N with tert-alkyl or cyclic N) is 1. The average molecular weight is 999 g/mol. The van der Waals surface area contributed by atoms with Crippen molar-refractivity contribution in [3.8, 4) is 56.3 Å². The number of amides is 2. The quantitative estimate of drug-likeness (QED) is 0.0683. The number of hydrogen-bond acceptors (Lipinski definition) is 16. The number of aromatic hydroxyl groups is 1. The van der Waals surface area contributed by atoms with Gasteiger partial charge in [0.1, 0.15) is 37.5 Å². The Bertz CT molecular complexity index is 2860. The Balaban J connectivity index is 0.661. The van der Waals surface area contributed by atoms with Gasteiger partial charge in [-0.05, 0) is 67.1 Å². The van der Waals surface area contributed by atoms with E-state index >= 15 is 0 Å². The number of phenolic OH excluding ortho intramolecular Hbond substituents is 1. The molecule has 1 aliphatic carbocycles. The minimum Gasteiger partial charge on any atom is -0.507 e. The van der Waals surface area contributed by atoms with E-state index < -0.39 is 18.1 Å². The number of likely N-dealkylation sites (tertiary alicyclic amines) is 2. The Labute approximate surface area is 422 Å². The maximum Gasteiger partial charge on any atom is 0.254 e. The number of benzene rings is 2. The standard InChI is InChI=1S/C53H62N10O8S/c1-32(2)49(53(67)63-30-38(64)23-45(63)52(66)57-33(3)35-11-13-36(14-12-35)50-34(4)55-31-72-50)47-27-48(60-71-47)69-22-20-61-18-15-39(16-19-61)70-41-24-40(25-41)68-21-8-7-17-62-29-37(28-56-62)43-26-44(58-59-51(43)54)42-9-5-6-10-46(42)65/h5-6,9-14,26-29,31-33,38-41,45,49,64-65H,15-25,30H2,1-4H3,(H2,54,59)(H,57,66)/t33-,38+,40?,41?,45-,49+/m0/s1. The molecule has 4 atom stereocenters. The number of nitrogens with one attached hydrogen (secondary N) is 1. The van der Waals surface area contributed by atoms with E-state index in [9.17, 15) is 19.8 Å². The molecule has 5 N–H and O–H groups in total. The third-order valence-corrected chi connectivity index (χ3v) is 14.7. The number of nitrogen functional groups attached to an aromatic ring is 1. The second-order valence-corrected chi connectivity index (χ2v) is 20.0. The molecule has 0 unspecified atom stereocenters. The van der Waals surface area contributed by atoms with Crippen LogP contribution in [0.4, 0.5) is 5.82 Å². The molecule has 378 valence electrons. The van der Waals surface area contributed by atoms with Crippen molar-refractivity contribution in [3.05, 3.63) is 95.6 Å². The Kier molecular flexibility index (Phi) is 15.9. The number of nitrogens with zero attached hydrogens (tertiary/aromatic N) is 8. The summed E-state index contributed by atoms with van der Waals surface area (Å²) < 4.78 is 25.9. The van der Waals surface area contributed by atoms with Crippen LogP contribution in [0, 0.1) is 24.7 Å². The predicted octanol–water partition coefficient (Wildman–Crippen LogP) is 6.40. The van der Waals surface area contributed by atoms with Crippen LogP contribution >= 0.6 is 11.3 Å². The van der Waals surface area contributed by atoms with Crippen molar-refractivity contribution in [2.24, 2.45) is 5.92 Å². The van der Waals surface area contributed by atoms with Gasteiger partial charge in [-0.2, -0.15) is 5.10 Å². The van der Waals surface area contributed by atoms with Crippen LogP contribution in [-0.4, -0.2) is 132 Å². The molecule has 6 aromatic rings. The maximum atomic E-state index is 14.2. The third kappa shape index (κ3) is 12.0. The highest BCUT2D eigenvalue weighted by Gasteiger charge is 2.44. The summed E-state index contributed by atoms with van der Waals surface area (Å²) in [5.74, 6) is 5.75. The van der Waals surface area contributed by atoms with Gasteiger partial charge in [-0.15, -0.1) is 21.5 Å². The van der Waals surface area contributed by atoms with Crippen molar-refractivity contribution in [3.63, 3.8) is 0 Å². The summed E-state index contributed by atoms with van der Waals surface area (Å²) in [5.41, 5.74) is 13.5. The van der Waals surface area contributed by atoms with Crippen molar-refractivity contribution < 1.29 is 38.5 Å². The first kappa shape index (κ1) is 50.3. The number of anilines is 1. The summed E-state index contributed by atoms with van der Waals surface area (Å²) in [6.45, 7) is 11.4. The second kappa shape index (κ2) is 22.8. The number of hydrogen-bond donors (Lipinski definition) is 4. The van der Waals surface area contributed by atoms with Crippen LogP contribution in [0.5, 0.6) is 11.6 Å². The fraction of sp³-hybridized carbons (Fsp3) is 0.453. The molecule has 6 heterocycles. The van der Waals surface area contributed by atoms with Gasteiger partial charge < -0.3 is 44.9 Å². The Morgan fingerprint density at radius 1 is 0.972 bits per heavy atom. The summed E-state index contributed by atoms with van der Waals surface area (Å²) in [5, 5.41) is 40.8. The molecule has 3 fully saturated rings. The molecule has 72 heavy (non-hydrogen) atoms. The number of aryl methyl sites for hydroxylation is 1. The number of thiazole rings is 1. The van der Waals surface area contributed by atoms with Gasteiger partial charge in [0, 0.05) is 74.4 Å². The number of piperidine rings is 1. The van der Waals surface area contributed by atoms with E-state index in [1.807, 2.05) is 69.7 Å². The number of carbonyl (C=O) groups is 2. The van der Waals surface area contributed by atoms with E-state index in [4.69, 9.17) is 24.5 Å². The van der Waals surface area contributed by atoms with Crippen LogP contribution in [0.25, 0.3) is 32.8 Å². The smallest absolute Gasteiger partial charge is 0.254 e. The van der Waals surface area contributed by atoms with Crippen molar-refractivity contribution in [2.75, 3.05) is 45.1 Å². The first-order valence-corrected chi connectivity index (χ1v) is 25.5. The van der Waals surface area contributed by atoms with E-state index in [2.05, 4.69) is 47.5 Å². The normalized spacial score (nSPS) is 20.2. The molecular weight excluding hydrogens is 937 g/mol. The zero-order valence-electron chi connectivity index (χ0n) is 41.0. The Morgan fingerprint density at radius 3 is 2.51 bits per heavy atom. The lowest BCUT2D eigenvalue weighted by Crippen LogP contribution is -2.48. The van der Waals surface area contributed by atoms with Crippen LogP contribution in [-0.2, 0) is 25.6 Å². The number of aromatic nitrogens is 6. The molecule has 9 rings (SSSR count). The molecule has 3 aliphatic rings. The average Bonchev–Trinajstić information content (AvgIpc) is 4.20. The number of carbonyl (C=O) groups excluding carboxylic acids is 2. The fourth-order valence-electron chi connectivity index (χ4n) is 9.58. The van der Waals surface area contributed by atoms with Gasteiger partial charge in [0.25, 0.3) is 5.88 Å². The van der Waals surface area contributed by atoms with Gasteiger partial charge in [0.2, 0.25) is 11.8 Å². The van der Waals surface area contributed by atoms with E-state index in [-0.39, 0.29) is 66.6 Å². The molecule has 0 radical (unpaired) electrons. The zero-order chi connectivity index (χ0) is 50.3. The van der Waals surface area contributed by atoms with Crippen LogP contribution < -0.4 is 15.8 Å². The lowest BCUT2D eigenvalue weighted by atomic mass is 9.91. The zero-order valence-corrected chi connectivity index (χ0v) is 41.8. The van der Waals surface area contributed by atoms with Gasteiger partial charge in [-0.25, -0.2) is 4.98 Å². The SMILES string of the molecule is Cc1ncsc1-c1ccc([C@H](C)NC(=O)[C@@H]2C[C@@H](O)CN2C(=O)[C@@H](c2cc(OCCN3CCC(OC4CC(OCC#CCn5cc(-c6cc(-c7ccccc7O)nnc6N)cn5)C4)CC3)no2)C(C)C)cc1. The molecular formula is C53H62N10O8S. The van der Waals surface area contributed by atoms with Crippen LogP contribution in [0.3, 0.4) is 0 Å². The van der Waals surface area contributed by atoms with Crippen molar-refractivity contribution >= 4 is 29.0 Å². The molecule has 4 aromatic heterocycles. The van der Waals surface area contributed by atoms with Crippen molar-refractivity contribution in [1.82, 2.24) is 45.2 Å². The minimum atomic E-state index is -0.829. The monoisotopic (exact) mass is 998 g/mol. The molecule has 2 aromatic carbocycles. The van der Waals surface area contributed by atoms with Gasteiger partial charge in [-0.1, -0.05) is 62.1 Å². The van der Waals surface area contributed by atoms with E-state index in [0.29, 0.717) is 54.8 Å².